The first kappa shape index (κ1) is 16.3. The van der Waals surface area contributed by atoms with E-state index in [-0.39, 0.29) is 23.8 Å². The van der Waals surface area contributed by atoms with Gasteiger partial charge in [0.2, 0.25) is 5.91 Å². The van der Waals surface area contributed by atoms with Gasteiger partial charge in [-0.25, -0.2) is 0 Å². The lowest BCUT2D eigenvalue weighted by molar-refractivity contribution is -0.143. The molecule has 1 N–H and O–H groups in total. The normalized spacial score (nSPS) is 22.7. The molecule has 6 heteroatoms. The van der Waals surface area contributed by atoms with Gasteiger partial charge in [-0.05, 0) is 36.0 Å². The van der Waals surface area contributed by atoms with Crippen LogP contribution in [0, 0.1) is 5.41 Å². The molecular weight excluding hydrogens is 318 g/mol. The number of nitrogens with zero attached hydrogens (tertiary/aromatic N) is 1. The number of morpholine rings is 1. The molecule has 1 saturated heterocycles. The van der Waals surface area contributed by atoms with Gasteiger partial charge >= 0.3 is 5.97 Å². The minimum Gasteiger partial charge on any atom is -0.481 e. The molecule has 1 aromatic rings. The molecular formula is C17H20ClNO4. The predicted molar refractivity (Wildman–Crippen MR) is 85.3 cm³/mol. The Labute approximate surface area is 140 Å². The second-order valence-corrected chi connectivity index (χ2v) is 6.92. The molecule has 1 atom stereocenters. The number of carboxylic acid groups (broad SMARTS) is 1. The van der Waals surface area contributed by atoms with Crippen molar-refractivity contribution < 1.29 is 19.4 Å². The van der Waals surface area contributed by atoms with Crippen LogP contribution in [0.1, 0.15) is 37.3 Å². The van der Waals surface area contributed by atoms with Crippen LogP contribution in [0.5, 0.6) is 0 Å². The van der Waals surface area contributed by atoms with E-state index in [0.29, 0.717) is 31.2 Å². The molecule has 23 heavy (non-hydrogen) atoms. The fraction of sp³-hybridized carbons (Fsp3) is 0.529. The smallest absolute Gasteiger partial charge is 0.303 e. The molecule has 1 unspecified atom stereocenters. The highest BCUT2D eigenvalue weighted by molar-refractivity contribution is 6.30. The van der Waals surface area contributed by atoms with Gasteiger partial charge in [-0.1, -0.05) is 23.7 Å². The molecule has 5 nitrogen and oxygen atoms in total. The quantitative estimate of drug-likeness (QED) is 0.897. The van der Waals surface area contributed by atoms with Crippen LogP contribution in [0.4, 0.5) is 0 Å². The highest BCUT2D eigenvalue weighted by Crippen LogP contribution is 2.52. The first-order chi connectivity index (χ1) is 11.0. The van der Waals surface area contributed by atoms with Gasteiger partial charge in [0.05, 0.1) is 25.7 Å². The Morgan fingerprint density at radius 2 is 2.13 bits per heavy atom. The van der Waals surface area contributed by atoms with Gasteiger partial charge in [-0.2, -0.15) is 0 Å². The third kappa shape index (κ3) is 3.85. The van der Waals surface area contributed by atoms with E-state index in [9.17, 15) is 9.59 Å². The first-order valence-corrected chi connectivity index (χ1v) is 8.21. The van der Waals surface area contributed by atoms with Crippen LogP contribution >= 0.6 is 11.6 Å². The summed E-state index contributed by atoms with van der Waals surface area (Å²) >= 11 is 6.06. The van der Waals surface area contributed by atoms with E-state index in [0.717, 1.165) is 18.4 Å². The molecule has 0 aromatic heterocycles. The maximum atomic E-state index is 12.7. The third-order valence-electron chi connectivity index (χ3n) is 4.69. The molecule has 1 aliphatic carbocycles. The summed E-state index contributed by atoms with van der Waals surface area (Å²) in [6.07, 6.45) is 2.01. The number of hydrogen-bond acceptors (Lipinski definition) is 3. The highest BCUT2D eigenvalue weighted by Gasteiger charge is 2.47. The Hall–Kier alpha value is -1.59. The molecule has 124 valence electrons. The molecule has 2 fully saturated rings. The maximum Gasteiger partial charge on any atom is 0.303 e. The fourth-order valence-electron chi connectivity index (χ4n) is 3.23. The number of carboxylic acids is 1. The van der Waals surface area contributed by atoms with Crippen molar-refractivity contribution in [1.29, 1.82) is 0 Å². The van der Waals surface area contributed by atoms with Crippen molar-refractivity contribution in [2.45, 2.75) is 31.7 Å². The van der Waals surface area contributed by atoms with Crippen molar-refractivity contribution in [2.75, 3.05) is 19.8 Å². The number of amides is 1. The van der Waals surface area contributed by atoms with Gasteiger partial charge in [0.25, 0.3) is 0 Å². The van der Waals surface area contributed by atoms with Crippen molar-refractivity contribution in [3.05, 3.63) is 34.9 Å². The highest BCUT2D eigenvalue weighted by atomic mass is 35.5. The summed E-state index contributed by atoms with van der Waals surface area (Å²) in [7, 11) is 0. The van der Waals surface area contributed by atoms with Crippen LogP contribution in [0.2, 0.25) is 5.02 Å². The van der Waals surface area contributed by atoms with E-state index in [1.54, 1.807) is 6.07 Å². The second-order valence-electron chi connectivity index (χ2n) is 6.48. The monoisotopic (exact) mass is 337 g/mol. The molecule has 2 aliphatic rings. The van der Waals surface area contributed by atoms with Crippen molar-refractivity contribution in [3.8, 4) is 0 Å². The average Bonchev–Trinajstić information content (AvgIpc) is 3.25. The molecule has 0 bridgehead atoms. The summed E-state index contributed by atoms with van der Waals surface area (Å²) in [6, 6.07) is 7.30. The Kier molecular flexibility index (Phi) is 4.60. The van der Waals surface area contributed by atoms with Gasteiger partial charge in [0.1, 0.15) is 0 Å². The van der Waals surface area contributed by atoms with E-state index in [2.05, 4.69) is 0 Å². The largest absolute Gasteiger partial charge is 0.481 e. The zero-order valence-corrected chi connectivity index (χ0v) is 13.6. The Bertz CT molecular complexity index is 614. The van der Waals surface area contributed by atoms with Gasteiger partial charge in [0, 0.05) is 18.0 Å². The topological polar surface area (TPSA) is 66.8 Å². The van der Waals surface area contributed by atoms with E-state index < -0.39 is 5.97 Å². The lowest BCUT2D eigenvalue weighted by Crippen LogP contribution is -2.44. The number of carbonyl (C=O) groups is 2. The number of benzene rings is 1. The summed E-state index contributed by atoms with van der Waals surface area (Å²) in [4.78, 5) is 25.5. The number of carbonyl (C=O) groups excluding carboxylic acids is 1. The molecule has 1 aliphatic heterocycles. The Balaban J connectivity index is 1.73. The number of hydrogen-bond donors (Lipinski definition) is 1. The first-order valence-electron chi connectivity index (χ1n) is 7.84. The fourth-order valence-corrected chi connectivity index (χ4v) is 3.43. The number of ether oxygens (including phenoxy) is 1. The van der Waals surface area contributed by atoms with Gasteiger partial charge in [-0.15, -0.1) is 0 Å². The molecule has 3 rings (SSSR count). The minimum atomic E-state index is -0.830. The number of rotatable bonds is 5. The van der Waals surface area contributed by atoms with Crippen LogP contribution in [0.3, 0.4) is 0 Å². The minimum absolute atomic E-state index is 0.0111. The van der Waals surface area contributed by atoms with Crippen molar-refractivity contribution in [3.63, 3.8) is 0 Å². The predicted octanol–water partition coefficient (Wildman–Crippen LogP) is 2.88. The van der Waals surface area contributed by atoms with Gasteiger partial charge in [0.15, 0.2) is 0 Å². The summed E-state index contributed by atoms with van der Waals surface area (Å²) in [5.41, 5.74) is 0.619. The molecule has 1 heterocycles. The lowest BCUT2D eigenvalue weighted by atomic mass is 9.96. The van der Waals surface area contributed by atoms with Crippen LogP contribution in [-0.4, -0.2) is 41.6 Å². The Morgan fingerprint density at radius 1 is 1.35 bits per heavy atom. The molecule has 1 amide bonds. The van der Waals surface area contributed by atoms with Gasteiger partial charge in [-0.3, -0.25) is 9.59 Å². The lowest BCUT2D eigenvalue weighted by Gasteiger charge is -2.36. The third-order valence-corrected chi connectivity index (χ3v) is 4.93. The van der Waals surface area contributed by atoms with Crippen molar-refractivity contribution in [2.24, 2.45) is 5.41 Å². The molecule has 1 aromatic carbocycles. The van der Waals surface area contributed by atoms with E-state index in [4.69, 9.17) is 21.4 Å². The summed E-state index contributed by atoms with van der Waals surface area (Å²) in [5, 5.41) is 9.64. The molecule has 0 radical (unpaired) electrons. The standard InChI is InChI=1S/C17H20ClNO4/c18-13-3-1-2-12(8-13)14-11-23-7-6-19(14)15(20)9-17(4-5-17)10-16(21)22/h1-3,8,14H,4-7,9-11H2,(H,21,22). The average molecular weight is 338 g/mol. The van der Waals surface area contributed by atoms with Crippen LogP contribution < -0.4 is 0 Å². The number of aliphatic carboxylic acids is 1. The van der Waals surface area contributed by atoms with Crippen molar-refractivity contribution >= 4 is 23.5 Å². The van der Waals surface area contributed by atoms with E-state index in [1.807, 2.05) is 23.1 Å². The van der Waals surface area contributed by atoms with E-state index >= 15 is 0 Å². The Morgan fingerprint density at radius 3 is 2.78 bits per heavy atom. The zero-order chi connectivity index (χ0) is 16.4. The summed E-state index contributed by atoms with van der Waals surface area (Å²) in [6.45, 7) is 1.48. The molecule has 0 spiro atoms. The maximum absolute atomic E-state index is 12.7. The van der Waals surface area contributed by atoms with E-state index in [1.165, 1.54) is 0 Å². The van der Waals surface area contributed by atoms with Crippen LogP contribution in [0.25, 0.3) is 0 Å². The second kappa shape index (κ2) is 6.49. The SMILES string of the molecule is O=C(O)CC1(CC(=O)N2CCOCC2c2cccc(Cl)c2)CC1. The summed E-state index contributed by atoms with van der Waals surface area (Å²) < 4.78 is 5.54. The number of halogens is 1. The van der Waals surface area contributed by atoms with Crippen LogP contribution in [-0.2, 0) is 14.3 Å². The van der Waals surface area contributed by atoms with Crippen molar-refractivity contribution in [1.82, 2.24) is 4.90 Å². The van der Waals surface area contributed by atoms with Crippen LogP contribution in [0.15, 0.2) is 24.3 Å². The molecule has 1 saturated carbocycles. The van der Waals surface area contributed by atoms with Gasteiger partial charge < -0.3 is 14.7 Å². The summed E-state index contributed by atoms with van der Waals surface area (Å²) in [5.74, 6) is -0.819. The zero-order valence-electron chi connectivity index (χ0n) is 12.8.